The molecule has 0 atom stereocenters. The summed E-state index contributed by atoms with van der Waals surface area (Å²) in [5, 5.41) is 6.74. The van der Waals surface area contributed by atoms with E-state index >= 15 is 0 Å². The molecule has 80 valence electrons. The van der Waals surface area contributed by atoms with Gasteiger partial charge in [-0.25, -0.2) is 4.98 Å². The first-order chi connectivity index (χ1) is 7.20. The zero-order valence-corrected chi connectivity index (χ0v) is 9.47. The molecule has 0 aliphatic rings. The van der Waals surface area contributed by atoms with E-state index in [1.54, 1.807) is 6.20 Å². The van der Waals surface area contributed by atoms with Gasteiger partial charge in [0.2, 0.25) is 5.89 Å². The van der Waals surface area contributed by atoms with Crippen LogP contribution in [0.1, 0.15) is 24.4 Å². The Morgan fingerprint density at radius 3 is 2.93 bits per heavy atom. The fraction of sp³-hybridized carbons (Fsp3) is 0.444. The van der Waals surface area contributed by atoms with E-state index in [4.69, 9.17) is 16.6 Å². The normalized spacial score (nSPS) is 10.8. The van der Waals surface area contributed by atoms with E-state index in [9.17, 15) is 0 Å². The number of oxazole rings is 1. The largest absolute Gasteiger partial charge is 0.444 e. The highest BCUT2D eigenvalue weighted by atomic mass is 32.1. The van der Waals surface area contributed by atoms with Crippen molar-refractivity contribution in [1.82, 2.24) is 19.7 Å². The molecule has 2 heterocycles. The molecule has 2 aromatic rings. The minimum absolute atomic E-state index is 0.529. The van der Waals surface area contributed by atoms with E-state index in [0.717, 1.165) is 18.0 Å². The van der Waals surface area contributed by atoms with Crippen LogP contribution in [0, 0.1) is 11.7 Å². The fourth-order valence-corrected chi connectivity index (χ4v) is 1.54. The number of rotatable bonds is 3. The van der Waals surface area contributed by atoms with Gasteiger partial charge in [-0.1, -0.05) is 6.92 Å². The first kappa shape index (κ1) is 10.1. The molecule has 0 aliphatic heterocycles. The zero-order chi connectivity index (χ0) is 10.8. The second-order valence-electron chi connectivity index (χ2n) is 3.24. The summed E-state index contributed by atoms with van der Waals surface area (Å²) >= 11 is 5.08. The number of aromatic nitrogens is 4. The second-order valence-corrected chi connectivity index (χ2v) is 3.62. The third-order valence-electron chi connectivity index (χ3n) is 2.19. The van der Waals surface area contributed by atoms with E-state index in [1.807, 2.05) is 18.4 Å². The summed E-state index contributed by atoms with van der Waals surface area (Å²) in [6, 6.07) is 0. The average molecular weight is 224 g/mol. The summed E-state index contributed by atoms with van der Waals surface area (Å²) in [6.45, 7) is 4.44. The topological polar surface area (TPSA) is 59.6 Å². The van der Waals surface area contributed by atoms with Crippen molar-refractivity contribution in [2.45, 2.75) is 26.8 Å². The van der Waals surface area contributed by atoms with Crippen molar-refractivity contribution in [3.63, 3.8) is 0 Å². The van der Waals surface area contributed by atoms with Gasteiger partial charge in [-0.3, -0.25) is 9.67 Å². The number of aromatic amines is 1. The monoisotopic (exact) mass is 224 g/mol. The Labute approximate surface area is 92.1 Å². The smallest absolute Gasteiger partial charge is 0.214 e. The summed E-state index contributed by atoms with van der Waals surface area (Å²) in [5.41, 5.74) is 0. The van der Waals surface area contributed by atoms with Gasteiger partial charge < -0.3 is 4.42 Å². The minimum atomic E-state index is 0.529. The van der Waals surface area contributed by atoms with Crippen molar-refractivity contribution in [3.05, 3.63) is 28.4 Å². The van der Waals surface area contributed by atoms with Crippen LogP contribution in [-0.2, 0) is 13.0 Å². The van der Waals surface area contributed by atoms with Gasteiger partial charge in [0.15, 0.2) is 4.77 Å². The maximum absolute atomic E-state index is 5.50. The number of aryl methyl sites for hydroxylation is 2. The summed E-state index contributed by atoms with van der Waals surface area (Å²) < 4.78 is 7.93. The maximum atomic E-state index is 5.50. The lowest BCUT2D eigenvalue weighted by atomic mass is 10.4. The molecule has 15 heavy (non-hydrogen) atoms. The van der Waals surface area contributed by atoms with Crippen LogP contribution in [0.4, 0.5) is 0 Å². The van der Waals surface area contributed by atoms with E-state index in [1.165, 1.54) is 0 Å². The Morgan fingerprint density at radius 2 is 2.40 bits per heavy atom. The van der Waals surface area contributed by atoms with E-state index < -0.39 is 0 Å². The second kappa shape index (κ2) is 3.98. The van der Waals surface area contributed by atoms with Crippen molar-refractivity contribution in [2.75, 3.05) is 0 Å². The molecule has 5 nitrogen and oxygen atoms in total. The fourth-order valence-electron chi connectivity index (χ4n) is 1.30. The molecular weight excluding hydrogens is 212 g/mol. The summed E-state index contributed by atoms with van der Waals surface area (Å²) in [5.74, 6) is 2.38. The molecule has 2 aromatic heterocycles. The predicted octanol–water partition coefficient (Wildman–Crippen LogP) is 1.85. The van der Waals surface area contributed by atoms with E-state index in [-0.39, 0.29) is 0 Å². The van der Waals surface area contributed by atoms with Crippen LogP contribution in [0.5, 0.6) is 0 Å². The highest BCUT2D eigenvalue weighted by molar-refractivity contribution is 7.71. The Bertz CT molecular complexity index is 510. The number of nitrogens with one attached hydrogen (secondary N) is 1. The van der Waals surface area contributed by atoms with Crippen LogP contribution in [0.15, 0.2) is 10.6 Å². The molecular formula is C9H12N4OS. The maximum Gasteiger partial charge on any atom is 0.214 e. The molecule has 6 heteroatoms. The molecule has 0 unspecified atom stereocenters. The molecule has 2 rings (SSSR count). The van der Waals surface area contributed by atoms with Crippen LogP contribution in [-0.4, -0.2) is 19.7 Å². The van der Waals surface area contributed by atoms with Crippen LogP contribution < -0.4 is 0 Å². The molecule has 1 N–H and O–H groups in total. The van der Waals surface area contributed by atoms with Crippen LogP contribution >= 0.6 is 12.2 Å². The van der Waals surface area contributed by atoms with Gasteiger partial charge in [0, 0.05) is 6.42 Å². The summed E-state index contributed by atoms with van der Waals surface area (Å²) in [6.07, 6.45) is 2.59. The highest BCUT2D eigenvalue weighted by Crippen LogP contribution is 2.07. The lowest BCUT2D eigenvalue weighted by Gasteiger charge is -1.98. The average Bonchev–Trinajstić information content (AvgIpc) is 2.80. The Balaban J connectivity index is 2.25. The molecule has 0 aromatic carbocycles. The van der Waals surface area contributed by atoms with Gasteiger partial charge in [-0.15, -0.1) is 0 Å². The SMILES string of the molecule is CCc1cnc(Cn2c(C)n[nH]c2=S)o1. The predicted molar refractivity (Wildman–Crippen MR) is 57.1 cm³/mol. The van der Waals surface area contributed by atoms with Gasteiger partial charge in [0.1, 0.15) is 18.1 Å². The van der Waals surface area contributed by atoms with Gasteiger partial charge >= 0.3 is 0 Å². The van der Waals surface area contributed by atoms with E-state index in [0.29, 0.717) is 17.2 Å². The zero-order valence-electron chi connectivity index (χ0n) is 8.65. The van der Waals surface area contributed by atoms with Crippen molar-refractivity contribution in [2.24, 2.45) is 0 Å². The summed E-state index contributed by atoms with van der Waals surface area (Å²) in [7, 11) is 0. The Hall–Kier alpha value is -1.43. The van der Waals surface area contributed by atoms with Gasteiger partial charge in [0.05, 0.1) is 6.20 Å². The van der Waals surface area contributed by atoms with Gasteiger partial charge in [-0.05, 0) is 19.1 Å². The van der Waals surface area contributed by atoms with Crippen molar-refractivity contribution < 1.29 is 4.42 Å². The molecule has 0 aliphatic carbocycles. The number of hydrogen-bond donors (Lipinski definition) is 1. The third kappa shape index (κ3) is 1.99. The lowest BCUT2D eigenvalue weighted by molar-refractivity contribution is 0.443. The van der Waals surface area contributed by atoms with E-state index in [2.05, 4.69) is 15.2 Å². The van der Waals surface area contributed by atoms with Gasteiger partial charge in [-0.2, -0.15) is 5.10 Å². The number of nitrogens with zero attached hydrogens (tertiary/aromatic N) is 3. The number of hydrogen-bond acceptors (Lipinski definition) is 4. The number of H-pyrrole nitrogens is 1. The van der Waals surface area contributed by atoms with Crippen molar-refractivity contribution >= 4 is 12.2 Å². The molecule has 0 radical (unpaired) electrons. The standard InChI is InChI=1S/C9H12N4OS/c1-3-7-4-10-8(14-7)5-13-6(2)11-12-9(13)15/h4H,3,5H2,1-2H3,(H,12,15). The van der Waals surface area contributed by atoms with Crippen LogP contribution in [0.3, 0.4) is 0 Å². The minimum Gasteiger partial charge on any atom is -0.444 e. The Morgan fingerprint density at radius 1 is 1.60 bits per heavy atom. The molecule has 0 saturated heterocycles. The molecule has 0 fully saturated rings. The van der Waals surface area contributed by atoms with Crippen molar-refractivity contribution in [3.8, 4) is 0 Å². The van der Waals surface area contributed by atoms with Crippen molar-refractivity contribution in [1.29, 1.82) is 0 Å². The Kier molecular flexibility index (Phi) is 2.68. The quantitative estimate of drug-likeness (QED) is 0.808. The highest BCUT2D eigenvalue weighted by Gasteiger charge is 2.06. The first-order valence-corrected chi connectivity index (χ1v) is 5.17. The summed E-state index contributed by atoms with van der Waals surface area (Å²) in [4.78, 5) is 4.17. The van der Waals surface area contributed by atoms with Crippen LogP contribution in [0.25, 0.3) is 0 Å². The lowest BCUT2D eigenvalue weighted by Crippen LogP contribution is -2.02. The molecule has 0 saturated carbocycles. The van der Waals surface area contributed by atoms with Crippen LogP contribution in [0.2, 0.25) is 0 Å². The first-order valence-electron chi connectivity index (χ1n) is 4.76. The molecule has 0 amide bonds. The molecule has 0 bridgehead atoms. The third-order valence-corrected chi connectivity index (χ3v) is 2.50. The molecule has 0 spiro atoms. The van der Waals surface area contributed by atoms with Gasteiger partial charge in [0.25, 0.3) is 0 Å².